The van der Waals surface area contributed by atoms with E-state index in [2.05, 4.69) is 11.8 Å². The van der Waals surface area contributed by atoms with Crippen LogP contribution in [0.2, 0.25) is 0 Å². The van der Waals surface area contributed by atoms with Gasteiger partial charge < -0.3 is 4.90 Å². The Morgan fingerprint density at radius 2 is 1.83 bits per heavy atom. The van der Waals surface area contributed by atoms with Crippen molar-refractivity contribution in [1.82, 2.24) is 4.98 Å². The molecule has 2 aromatic rings. The lowest BCUT2D eigenvalue weighted by Crippen LogP contribution is -2.35. The molecule has 2 aliphatic rings. The van der Waals surface area contributed by atoms with Crippen LogP contribution in [0.25, 0.3) is 11.3 Å². The number of hydrogen-bond donors (Lipinski definition) is 0. The van der Waals surface area contributed by atoms with Crippen LogP contribution in [0.1, 0.15) is 36.6 Å². The summed E-state index contributed by atoms with van der Waals surface area (Å²) >= 11 is 0. The molecule has 4 rings (SSSR count). The third-order valence-corrected chi connectivity index (χ3v) is 5.00. The second kappa shape index (κ2) is 5.59. The number of benzene rings is 1. The number of nitrogens with zero attached hydrogens (tertiary/aromatic N) is 2. The maximum atomic E-state index is 14.3. The molecule has 0 saturated heterocycles. The first-order valence-corrected chi connectivity index (χ1v) is 8.44. The van der Waals surface area contributed by atoms with E-state index in [1.165, 1.54) is 23.4 Å². The van der Waals surface area contributed by atoms with Crippen molar-refractivity contribution in [3.8, 4) is 11.3 Å². The molecule has 1 aromatic heterocycles. The van der Waals surface area contributed by atoms with Gasteiger partial charge in [-0.15, -0.1) is 0 Å². The van der Waals surface area contributed by atoms with Crippen LogP contribution in [0.5, 0.6) is 0 Å². The molecule has 120 valence electrons. The van der Waals surface area contributed by atoms with E-state index < -0.39 is 11.6 Å². The number of aromatic nitrogens is 1. The van der Waals surface area contributed by atoms with Gasteiger partial charge in [0, 0.05) is 41.7 Å². The first kappa shape index (κ1) is 14.6. The fourth-order valence-electron chi connectivity index (χ4n) is 4.01. The Morgan fingerprint density at radius 1 is 1.09 bits per heavy atom. The molecule has 0 unspecified atom stereocenters. The summed E-state index contributed by atoms with van der Waals surface area (Å²) in [7, 11) is 0. The second-order valence-electron chi connectivity index (χ2n) is 6.38. The smallest absolute Gasteiger partial charge is 0.135 e. The molecular formula is C19H20F2N2. The number of aryl methyl sites for hydroxylation is 1. The molecule has 4 heteroatoms. The van der Waals surface area contributed by atoms with Gasteiger partial charge in [-0.2, -0.15) is 0 Å². The van der Waals surface area contributed by atoms with Gasteiger partial charge in [0.15, 0.2) is 0 Å². The van der Waals surface area contributed by atoms with Crippen molar-refractivity contribution in [3.05, 3.63) is 46.7 Å². The normalized spacial score (nSPS) is 16.4. The van der Waals surface area contributed by atoms with E-state index >= 15 is 0 Å². The second-order valence-corrected chi connectivity index (χ2v) is 6.38. The number of rotatable bonds is 2. The summed E-state index contributed by atoms with van der Waals surface area (Å²) in [5.74, 6) is -1.07. The molecule has 2 nitrogen and oxygen atoms in total. The highest BCUT2D eigenvalue weighted by molar-refractivity contribution is 5.76. The molecule has 0 saturated carbocycles. The van der Waals surface area contributed by atoms with Crippen LogP contribution in [-0.4, -0.2) is 18.1 Å². The highest BCUT2D eigenvalue weighted by Gasteiger charge is 2.29. The third kappa shape index (κ3) is 2.32. The van der Waals surface area contributed by atoms with Gasteiger partial charge in [-0.3, -0.25) is 4.98 Å². The Balaban J connectivity index is 1.99. The standard InChI is InChI=1S/C19H20F2N2/c1-2-17-14-5-3-9-23-10-4-6-15(19(14)23)18(22-17)13-8-7-12(20)11-16(13)21/h7-8,11H,2-6,9-10H2,1H3. The lowest BCUT2D eigenvalue weighted by molar-refractivity contribution is 0.584. The Morgan fingerprint density at radius 3 is 2.52 bits per heavy atom. The fraction of sp³-hybridized carbons (Fsp3) is 0.421. The minimum atomic E-state index is -0.546. The average molecular weight is 314 g/mol. The molecule has 3 heterocycles. The van der Waals surface area contributed by atoms with Crippen molar-refractivity contribution in [2.45, 2.75) is 39.0 Å². The number of hydrogen-bond acceptors (Lipinski definition) is 2. The highest BCUT2D eigenvalue weighted by atomic mass is 19.1. The molecule has 2 aliphatic heterocycles. The monoisotopic (exact) mass is 314 g/mol. The van der Waals surface area contributed by atoms with Gasteiger partial charge >= 0.3 is 0 Å². The van der Waals surface area contributed by atoms with E-state index in [9.17, 15) is 8.78 Å². The minimum absolute atomic E-state index is 0.423. The fourth-order valence-corrected chi connectivity index (χ4v) is 4.01. The number of halogens is 2. The van der Waals surface area contributed by atoms with E-state index in [1.807, 2.05) is 0 Å². The van der Waals surface area contributed by atoms with Crippen LogP contribution in [0.4, 0.5) is 14.5 Å². The van der Waals surface area contributed by atoms with E-state index in [0.717, 1.165) is 62.5 Å². The SMILES string of the molecule is CCc1nc(-c2ccc(F)cc2F)c2c3c1CCCN3CCC2. The zero-order valence-electron chi connectivity index (χ0n) is 13.3. The first-order chi connectivity index (χ1) is 11.2. The van der Waals surface area contributed by atoms with E-state index in [0.29, 0.717) is 11.3 Å². The van der Waals surface area contributed by atoms with Crippen LogP contribution >= 0.6 is 0 Å². The molecule has 23 heavy (non-hydrogen) atoms. The zero-order chi connectivity index (χ0) is 16.0. The van der Waals surface area contributed by atoms with Gasteiger partial charge in [-0.05, 0) is 49.8 Å². The Hall–Kier alpha value is -1.97. The summed E-state index contributed by atoms with van der Waals surface area (Å²) in [6, 6.07) is 3.80. The summed E-state index contributed by atoms with van der Waals surface area (Å²) < 4.78 is 27.6. The highest BCUT2D eigenvalue weighted by Crippen LogP contribution is 2.41. The maximum Gasteiger partial charge on any atom is 0.135 e. The number of anilines is 1. The van der Waals surface area contributed by atoms with Crippen LogP contribution in [0.15, 0.2) is 18.2 Å². The summed E-state index contributed by atoms with van der Waals surface area (Å²) in [5.41, 5.74) is 5.98. The molecule has 0 N–H and O–H groups in total. The lowest BCUT2D eigenvalue weighted by atomic mass is 9.88. The topological polar surface area (TPSA) is 16.1 Å². The number of pyridine rings is 1. The van der Waals surface area contributed by atoms with Crippen molar-refractivity contribution < 1.29 is 8.78 Å². The zero-order valence-corrected chi connectivity index (χ0v) is 13.3. The first-order valence-electron chi connectivity index (χ1n) is 8.44. The van der Waals surface area contributed by atoms with Gasteiger partial charge in [0.05, 0.1) is 5.69 Å². The van der Waals surface area contributed by atoms with Gasteiger partial charge in [-0.1, -0.05) is 6.92 Å². The summed E-state index contributed by atoms with van der Waals surface area (Å²) in [6.45, 7) is 4.23. The molecule has 0 bridgehead atoms. The van der Waals surface area contributed by atoms with Crippen LogP contribution < -0.4 is 4.90 Å². The molecule has 1 aromatic carbocycles. The van der Waals surface area contributed by atoms with Crippen LogP contribution in [0, 0.1) is 11.6 Å². The summed E-state index contributed by atoms with van der Waals surface area (Å²) in [6.07, 6.45) is 5.04. The van der Waals surface area contributed by atoms with E-state index in [1.54, 1.807) is 0 Å². The predicted molar refractivity (Wildman–Crippen MR) is 87.8 cm³/mol. The Bertz CT molecular complexity index is 768. The van der Waals surface area contributed by atoms with Crippen LogP contribution in [-0.2, 0) is 19.3 Å². The van der Waals surface area contributed by atoms with Gasteiger partial charge in [0.1, 0.15) is 11.6 Å². The van der Waals surface area contributed by atoms with Crippen molar-refractivity contribution in [2.75, 3.05) is 18.0 Å². The van der Waals surface area contributed by atoms with Gasteiger partial charge in [0.2, 0.25) is 0 Å². The maximum absolute atomic E-state index is 14.3. The quantitative estimate of drug-likeness (QED) is 0.822. The molecule has 0 aliphatic carbocycles. The van der Waals surface area contributed by atoms with E-state index in [4.69, 9.17) is 4.98 Å². The van der Waals surface area contributed by atoms with Crippen molar-refractivity contribution in [2.24, 2.45) is 0 Å². The third-order valence-electron chi connectivity index (χ3n) is 5.00. The summed E-state index contributed by atoms with van der Waals surface area (Å²) in [4.78, 5) is 7.25. The molecular weight excluding hydrogens is 294 g/mol. The molecule has 0 atom stereocenters. The minimum Gasteiger partial charge on any atom is -0.371 e. The van der Waals surface area contributed by atoms with Crippen molar-refractivity contribution in [1.29, 1.82) is 0 Å². The average Bonchev–Trinajstić information content (AvgIpc) is 2.56. The van der Waals surface area contributed by atoms with E-state index in [-0.39, 0.29) is 0 Å². The molecule has 0 fully saturated rings. The molecule has 0 radical (unpaired) electrons. The van der Waals surface area contributed by atoms with Crippen LogP contribution in [0.3, 0.4) is 0 Å². The summed E-state index contributed by atoms with van der Waals surface area (Å²) in [5, 5.41) is 0. The molecule has 0 spiro atoms. The predicted octanol–water partition coefficient (Wildman–Crippen LogP) is 4.29. The van der Waals surface area contributed by atoms with Gasteiger partial charge in [-0.25, -0.2) is 8.78 Å². The Kier molecular flexibility index (Phi) is 3.55. The molecule has 0 amide bonds. The van der Waals surface area contributed by atoms with Crippen molar-refractivity contribution in [3.63, 3.8) is 0 Å². The van der Waals surface area contributed by atoms with Gasteiger partial charge in [0.25, 0.3) is 0 Å². The Labute approximate surface area is 135 Å². The lowest BCUT2D eigenvalue weighted by Gasteiger charge is -2.38. The van der Waals surface area contributed by atoms with Crippen molar-refractivity contribution >= 4 is 5.69 Å². The largest absolute Gasteiger partial charge is 0.371 e.